The molecule has 4 rings (SSSR count). The third-order valence-electron chi connectivity index (χ3n) is 3.75. The Morgan fingerprint density at radius 3 is 2.17 bits per heavy atom. The van der Waals surface area contributed by atoms with Crippen LogP contribution in [0.3, 0.4) is 0 Å². The molecule has 0 N–H and O–H groups in total. The van der Waals surface area contributed by atoms with Crippen LogP contribution in [0.25, 0.3) is 28.0 Å². The van der Waals surface area contributed by atoms with Crippen molar-refractivity contribution < 1.29 is 0 Å². The van der Waals surface area contributed by atoms with Gasteiger partial charge in [0.15, 0.2) is 0 Å². The van der Waals surface area contributed by atoms with Crippen molar-refractivity contribution in [2.24, 2.45) is 0 Å². The van der Waals surface area contributed by atoms with Gasteiger partial charge in [-0.15, -0.1) is 17.0 Å². The van der Waals surface area contributed by atoms with Crippen molar-refractivity contribution in [3.63, 3.8) is 0 Å². The van der Waals surface area contributed by atoms with E-state index >= 15 is 0 Å². The number of hydrogen-bond acceptors (Lipinski definition) is 1. The molecule has 4 heteroatoms. The molecule has 0 aliphatic carbocycles. The maximum absolute atomic E-state index is 5.97. The topological polar surface area (TPSA) is 17.3 Å². The van der Waals surface area contributed by atoms with Gasteiger partial charge in [-0.1, -0.05) is 54.1 Å². The van der Waals surface area contributed by atoms with Crippen LogP contribution in [0.1, 0.15) is 0 Å². The molecule has 0 amide bonds. The zero-order valence-electron chi connectivity index (χ0n) is 12.2. The molecular formula is C19H14BrClN2. The number of aromatic nitrogens is 2. The van der Waals surface area contributed by atoms with Gasteiger partial charge in [0.05, 0.1) is 11.9 Å². The van der Waals surface area contributed by atoms with Gasteiger partial charge in [0.25, 0.3) is 0 Å². The molecule has 0 spiro atoms. The quantitative estimate of drug-likeness (QED) is 0.420. The van der Waals surface area contributed by atoms with Crippen LogP contribution in [0.5, 0.6) is 0 Å². The van der Waals surface area contributed by atoms with Gasteiger partial charge in [0, 0.05) is 16.8 Å². The Balaban J connectivity index is 0.00000156. The number of nitrogens with zero attached hydrogens (tertiary/aromatic N) is 2. The van der Waals surface area contributed by atoms with Crippen LogP contribution >= 0.6 is 28.6 Å². The molecule has 4 aromatic rings. The van der Waals surface area contributed by atoms with Gasteiger partial charge in [0.2, 0.25) is 0 Å². The standard InChI is InChI=1S/C19H13ClN2.BrH/c20-17-9-6-15(7-10-17)18-12-21-19-11-8-16(13-22(18)19)14-4-2-1-3-5-14;/h1-13H;1H. The van der Waals surface area contributed by atoms with E-state index in [4.69, 9.17) is 11.6 Å². The van der Waals surface area contributed by atoms with Crippen LogP contribution in [0.2, 0.25) is 5.02 Å². The first-order valence-electron chi connectivity index (χ1n) is 7.10. The molecule has 0 atom stereocenters. The minimum absolute atomic E-state index is 0. The molecule has 2 nitrogen and oxygen atoms in total. The van der Waals surface area contributed by atoms with Gasteiger partial charge in [-0.05, 0) is 35.4 Å². The van der Waals surface area contributed by atoms with Crippen LogP contribution in [-0.2, 0) is 0 Å². The fourth-order valence-corrected chi connectivity index (χ4v) is 2.74. The molecular weight excluding hydrogens is 372 g/mol. The van der Waals surface area contributed by atoms with Crippen LogP contribution in [0.15, 0.2) is 79.1 Å². The molecule has 0 aliphatic heterocycles. The summed E-state index contributed by atoms with van der Waals surface area (Å²) in [5.41, 5.74) is 5.46. The summed E-state index contributed by atoms with van der Waals surface area (Å²) in [6.07, 6.45) is 4.02. The lowest BCUT2D eigenvalue weighted by Crippen LogP contribution is -1.90. The van der Waals surface area contributed by atoms with Gasteiger partial charge in [0.1, 0.15) is 5.65 Å². The molecule has 0 aliphatic rings. The molecule has 2 aromatic heterocycles. The summed E-state index contributed by atoms with van der Waals surface area (Å²) in [6, 6.07) is 22.3. The Hall–Kier alpha value is -2.10. The largest absolute Gasteiger partial charge is 0.299 e. The first kappa shape index (κ1) is 15.8. The lowest BCUT2D eigenvalue weighted by atomic mass is 10.1. The predicted octanol–water partition coefficient (Wildman–Crippen LogP) is 5.90. The molecule has 2 aromatic carbocycles. The molecule has 2 heterocycles. The van der Waals surface area contributed by atoms with Crippen LogP contribution in [0, 0.1) is 0 Å². The molecule has 0 radical (unpaired) electrons. The zero-order valence-corrected chi connectivity index (χ0v) is 14.7. The first-order chi connectivity index (χ1) is 10.8. The predicted molar refractivity (Wildman–Crippen MR) is 101 cm³/mol. The SMILES string of the molecule is Br.Clc1ccc(-c2cnc3ccc(-c4ccccc4)cn23)cc1. The van der Waals surface area contributed by atoms with Gasteiger partial charge < -0.3 is 0 Å². The van der Waals surface area contributed by atoms with Crippen molar-refractivity contribution in [1.82, 2.24) is 9.38 Å². The smallest absolute Gasteiger partial charge is 0.137 e. The van der Waals surface area contributed by atoms with Crippen molar-refractivity contribution in [2.75, 3.05) is 0 Å². The second-order valence-corrected chi connectivity index (χ2v) is 5.60. The fourth-order valence-electron chi connectivity index (χ4n) is 2.62. The van der Waals surface area contributed by atoms with E-state index in [1.165, 1.54) is 11.1 Å². The fraction of sp³-hybridized carbons (Fsp3) is 0. The number of imidazole rings is 1. The summed E-state index contributed by atoms with van der Waals surface area (Å²) in [5.74, 6) is 0. The van der Waals surface area contributed by atoms with Gasteiger partial charge in [-0.3, -0.25) is 4.40 Å². The highest BCUT2D eigenvalue weighted by atomic mass is 79.9. The second kappa shape index (κ2) is 6.57. The summed E-state index contributed by atoms with van der Waals surface area (Å²) >= 11 is 5.97. The Morgan fingerprint density at radius 2 is 1.43 bits per heavy atom. The number of pyridine rings is 1. The second-order valence-electron chi connectivity index (χ2n) is 5.16. The van der Waals surface area contributed by atoms with E-state index < -0.39 is 0 Å². The molecule has 0 saturated carbocycles. The summed E-state index contributed by atoms with van der Waals surface area (Å²) in [7, 11) is 0. The minimum atomic E-state index is 0. The van der Waals surface area contributed by atoms with E-state index in [1.807, 2.05) is 54.7 Å². The average molecular weight is 386 g/mol. The van der Waals surface area contributed by atoms with Crippen LogP contribution < -0.4 is 0 Å². The molecule has 23 heavy (non-hydrogen) atoms. The number of rotatable bonds is 2. The van der Waals surface area contributed by atoms with Crippen LogP contribution in [-0.4, -0.2) is 9.38 Å². The Labute approximate surface area is 150 Å². The molecule has 114 valence electrons. The maximum atomic E-state index is 5.97. The highest BCUT2D eigenvalue weighted by Gasteiger charge is 2.07. The summed E-state index contributed by atoms with van der Waals surface area (Å²) in [6.45, 7) is 0. The van der Waals surface area contributed by atoms with Crippen molar-refractivity contribution in [1.29, 1.82) is 0 Å². The zero-order chi connectivity index (χ0) is 14.9. The molecule has 0 fully saturated rings. The van der Waals surface area contributed by atoms with Crippen molar-refractivity contribution in [3.8, 4) is 22.4 Å². The van der Waals surface area contributed by atoms with Gasteiger partial charge >= 0.3 is 0 Å². The van der Waals surface area contributed by atoms with E-state index in [2.05, 4.69) is 33.8 Å². The van der Waals surface area contributed by atoms with Gasteiger partial charge in [-0.25, -0.2) is 4.98 Å². The van der Waals surface area contributed by atoms with E-state index in [0.29, 0.717) is 0 Å². The van der Waals surface area contributed by atoms with Crippen molar-refractivity contribution in [2.45, 2.75) is 0 Å². The molecule has 0 bridgehead atoms. The van der Waals surface area contributed by atoms with E-state index in [1.54, 1.807) is 0 Å². The van der Waals surface area contributed by atoms with Crippen LogP contribution in [0.4, 0.5) is 0 Å². The highest BCUT2D eigenvalue weighted by molar-refractivity contribution is 8.93. The third kappa shape index (κ3) is 3.03. The van der Waals surface area contributed by atoms with E-state index in [-0.39, 0.29) is 17.0 Å². The minimum Gasteiger partial charge on any atom is -0.299 e. The normalized spacial score (nSPS) is 10.5. The lowest BCUT2D eigenvalue weighted by Gasteiger charge is -2.06. The summed E-state index contributed by atoms with van der Waals surface area (Å²) in [4.78, 5) is 4.48. The molecule has 0 saturated heterocycles. The highest BCUT2D eigenvalue weighted by Crippen LogP contribution is 2.26. The average Bonchev–Trinajstić information content (AvgIpc) is 2.99. The molecule has 0 unspecified atom stereocenters. The number of fused-ring (bicyclic) bond motifs is 1. The lowest BCUT2D eigenvalue weighted by molar-refractivity contribution is 1.19. The first-order valence-corrected chi connectivity index (χ1v) is 7.47. The number of benzene rings is 2. The Bertz CT molecular complexity index is 931. The van der Waals surface area contributed by atoms with Gasteiger partial charge in [-0.2, -0.15) is 0 Å². The Kier molecular flexibility index (Phi) is 4.51. The Morgan fingerprint density at radius 1 is 0.739 bits per heavy atom. The summed E-state index contributed by atoms with van der Waals surface area (Å²) in [5, 5.41) is 0.738. The monoisotopic (exact) mass is 384 g/mol. The van der Waals surface area contributed by atoms with E-state index in [9.17, 15) is 0 Å². The van der Waals surface area contributed by atoms with Crippen molar-refractivity contribution >= 4 is 34.2 Å². The maximum Gasteiger partial charge on any atom is 0.137 e. The third-order valence-corrected chi connectivity index (χ3v) is 4.00. The van der Waals surface area contributed by atoms with E-state index in [0.717, 1.165) is 21.9 Å². The summed E-state index contributed by atoms with van der Waals surface area (Å²) < 4.78 is 2.12. The number of hydrogen-bond donors (Lipinski definition) is 0. The number of halogens is 2. The van der Waals surface area contributed by atoms with Crippen molar-refractivity contribution in [3.05, 3.63) is 84.1 Å².